The van der Waals surface area contributed by atoms with Crippen LogP contribution in [0.3, 0.4) is 0 Å². The molecular formula is C11H17ClN4O3. The molecule has 19 heavy (non-hydrogen) atoms. The van der Waals surface area contributed by atoms with Gasteiger partial charge in [-0.05, 0) is 29.2 Å². The Morgan fingerprint density at radius 3 is 2.74 bits per heavy atom. The molecule has 1 aliphatic rings. The minimum Gasteiger partial charge on any atom is -0.390 e. The number of nitrogens with zero attached hydrogens (tertiary/aromatic N) is 4. The van der Waals surface area contributed by atoms with Crippen LogP contribution in [0.25, 0.3) is 0 Å². The SMILES string of the molecule is O=[N+]([O-])c1ncn(C[C@H](O)CCl)c1N1CCCCC1. The molecule has 0 radical (unpaired) electrons. The van der Waals surface area contributed by atoms with E-state index in [1.54, 1.807) is 4.57 Å². The van der Waals surface area contributed by atoms with E-state index in [2.05, 4.69) is 4.98 Å². The molecule has 1 saturated heterocycles. The lowest BCUT2D eigenvalue weighted by Crippen LogP contribution is -2.32. The van der Waals surface area contributed by atoms with Crippen LogP contribution in [0.1, 0.15) is 19.3 Å². The molecule has 0 spiro atoms. The summed E-state index contributed by atoms with van der Waals surface area (Å²) in [6.07, 6.45) is 3.83. The minimum absolute atomic E-state index is 0.0887. The maximum Gasteiger partial charge on any atom is 0.406 e. The molecule has 0 unspecified atom stereocenters. The second-order valence-corrected chi connectivity index (χ2v) is 4.97. The molecule has 0 bridgehead atoms. The fraction of sp³-hybridized carbons (Fsp3) is 0.727. The van der Waals surface area contributed by atoms with E-state index in [9.17, 15) is 15.2 Å². The quantitative estimate of drug-likeness (QED) is 0.503. The molecular weight excluding hydrogens is 272 g/mol. The zero-order chi connectivity index (χ0) is 13.8. The van der Waals surface area contributed by atoms with Crippen LogP contribution in [0.5, 0.6) is 0 Å². The number of anilines is 1. The van der Waals surface area contributed by atoms with Crippen molar-refractivity contribution in [3.8, 4) is 0 Å². The fourth-order valence-electron chi connectivity index (χ4n) is 2.33. The molecule has 0 amide bonds. The third-order valence-electron chi connectivity index (χ3n) is 3.21. The molecule has 8 heteroatoms. The van der Waals surface area contributed by atoms with Crippen molar-refractivity contribution < 1.29 is 10.0 Å². The molecule has 0 aromatic carbocycles. The molecule has 0 saturated carbocycles. The number of aromatic nitrogens is 2. The second-order valence-electron chi connectivity index (χ2n) is 4.66. The Balaban J connectivity index is 2.29. The van der Waals surface area contributed by atoms with Crippen LogP contribution in [0.15, 0.2) is 6.33 Å². The van der Waals surface area contributed by atoms with Crippen LogP contribution >= 0.6 is 11.6 Å². The minimum atomic E-state index is -0.737. The van der Waals surface area contributed by atoms with E-state index in [1.807, 2.05) is 4.90 Å². The van der Waals surface area contributed by atoms with Crippen LogP contribution in [0.2, 0.25) is 0 Å². The summed E-state index contributed by atoms with van der Waals surface area (Å²) in [7, 11) is 0. The van der Waals surface area contributed by atoms with Crippen molar-refractivity contribution in [1.29, 1.82) is 0 Å². The molecule has 0 aliphatic carbocycles. The highest BCUT2D eigenvalue weighted by Gasteiger charge is 2.28. The van der Waals surface area contributed by atoms with E-state index in [1.165, 1.54) is 6.33 Å². The average Bonchev–Trinajstić information content (AvgIpc) is 2.83. The molecule has 7 nitrogen and oxygen atoms in total. The molecule has 1 aromatic heterocycles. The van der Waals surface area contributed by atoms with Crippen LogP contribution in [-0.4, -0.2) is 44.7 Å². The van der Waals surface area contributed by atoms with Gasteiger partial charge < -0.3 is 20.1 Å². The number of halogens is 1. The van der Waals surface area contributed by atoms with E-state index in [0.29, 0.717) is 5.82 Å². The predicted molar refractivity (Wildman–Crippen MR) is 71.7 cm³/mol. The Bertz CT molecular complexity index is 445. The summed E-state index contributed by atoms with van der Waals surface area (Å²) in [5, 5.41) is 20.7. The lowest BCUT2D eigenvalue weighted by molar-refractivity contribution is -0.388. The largest absolute Gasteiger partial charge is 0.406 e. The number of aliphatic hydroxyl groups is 1. The van der Waals surface area contributed by atoms with Crippen molar-refractivity contribution >= 4 is 23.2 Å². The Labute approximate surface area is 115 Å². The number of nitro groups is 1. The summed E-state index contributed by atoms with van der Waals surface area (Å²) in [4.78, 5) is 16.4. The molecule has 106 valence electrons. The Morgan fingerprint density at radius 1 is 1.47 bits per heavy atom. The van der Waals surface area contributed by atoms with Crippen molar-refractivity contribution in [2.75, 3.05) is 23.9 Å². The van der Waals surface area contributed by atoms with Crippen molar-refractivity contribution in [2.45, 2.75) is 31.9 Å². The number of alkyl halides is 1. The van der Waals surface area contributed by atoms with Crippen molar-refractivity contribution in [3.05, 3.63) is 16.4 Å². The van der Waals surface area contributed by atoms with Gasteiger partial charge in [-0.25, -0.2) is 0 Å². The average molecular weight is 289 g/mol. The summed E-state index contributed by atoms with van der Waals surface area (Å²) in [5.74, 6) is 0.420. The zero-order valence-corrected chi connectivity index (χ0v) is 11.3. The number of piperidine rings is 1. The molecule has 2 rings (SSSR count). The highest BCUT2D eigenvalue weighted by Crippen LogP contribution is 2.29. The highest BCUT2D eigenvalue weighted by molar-refractivity contribution is 6.18. The van der Waals surface area contributed by atoms with E-state index in [4.69, 9.17) is 11.6 Å². The van der Waals surface area contributed by atoms with Crippen molar-refractivity contribution in [1.82, 2.24) is 9.55 Å². The van der Waals surface area contributed by atoms with Crippen molar-refractivity contribution in [3.63, 3.8) is 0 Å². The smallest absolute Gasteiger partial charge is 0.390 e. The van der Waals surface area contributed by atoms with Gasteiger partial charge in [-0.2, -0.15) is 0 Å². The molecule has 2 heterocycles. The third kappa shape index (κ3) is 3.16. The standard InChI is InChI=1S/C11H17ClN4O3/c12-6-9(17)7-15-8-13-10(16(18)19)11(15)14-4-2-1-3-5-14/h8-9,17H,1-7H2/t9-/m1/s1. The molecule has 1 atom stereocenters. The lowest BCUT2D eigenvalue weighted by atomic mass is 10.1. The highest BCUT2D eigenvalue weighted by atomic mass is 35.5. The molecule has 1 aromatic rings. The Hall–Kier alpha value is -1.34. The molecule has 1 N–H and O–H groups in total. The van der Waals surface area contributed by atoms with Gasteiger partial charge in [-0.15, -0.1) is 11.6 Å². The van der Waals surface area contributed by atoms with E-state index < -0.39 is 11.0 Å². The maximum absolute atomic E-state index is 11.0. The molecule has 1 aliphatic heterocycles. The topological polar surface area (TPSA) is 84.4 Å². The number of imidazole rings is 1. The van der Waals surface area contributed by atoms with Gasteiger partial charge in [0.05, 0.1) is 18.5 Å². The van der Waals surface area contributed by atoms with Crippen LogP contribution in [0.4, 0.5) is 11.6 Å². The summed E-state index contributed by atoms with van der Waals surface area (Å²) in [6, 6.07) is 0. The molecule has 1 fully saturated rings. The third-order valence-corrected chi connectivity index (χ3v) is 3.56. The Kier molecular flexibility index (Phi) is 4.60. The van der Waals surface area contributed by atoms with Gasteiger partial charge in [0.1, 0.15) is 0 Å². The van der Waals surface area contributed by atoms with Crippen molar-refractivity contribution in [2.24, 2.45) is 0 Å². The Morgan fingerprint density at radius 2 is 2.16 bits per heavy atom. The monoisotopic (exact) mass is 288 g/mol. The van der Waals surface area contributed by atoms with Gasteiger partial charge in [0, 0.05) is 13.1 Å². The number of aliphatic hydroxyl groups excluding tert-OH is 1. The summed E-state index contributed by atoms with van der Waals surface area (Å²) in [6.45, 7) is 1.78. The number of hydrogen-bond donors (Lipinski definition) is 1. The van der Waals surface area contributed by atoms with Gasteiger partial charge in [0.25, 0.3) is 0 Å². The predicted octanol–water partition coefficient (Wildman–Crippen LogP) is 1.38. The first kappa shape index (κ1) is 14.1. The summed E-state index contributed by atoms with van der Waals surface area (Å²) >= 11 is 5.58. The van der Waals surface area contributed by atoms with E-state index in [0.717, 1.165) is 32.4 Å². The first-order chi connectivity index (χ1) is 9.13. The normalized spacial score (nSPS) is 17.5. The summed E-state index contributed by atoms with van der Waals surface area (Å²) in [5.41, 5.74) is 0. The number of hydrogen-bond acceptors (Lipinski definition) is 5. The van der Waals surface area contributed by atoms with Gasteiger partial charge in [-0.3, -0.25) is 4.57 Å². The lowest BCUT2D eigenvalue weighted by Gasteiger charge is -2.28. The van der Waals surface area contributed by atoms with Gasteiger partial charge >= 0.3 is 5.82 Å². The van der Waals surface area contributed by atoms with E-state index >= 15 is 0 Å². The van der Waals surface area contributed by atoms with Gasteiger partial charge in [0.15, 0.2) is 0 Å². The van der Waals surface area contributed by atoms with Crippen LogP contribution in [-0.2, 0) is 6.54 Å². The maximum atomic E-state index is 11.0. The summed E-state index contributed by atoms with van der Waals surface area (Å²) < 4.78 is 1.62. The van der Waals surface area contributed by atoms with Crippen LogP contribution in [0, 0.1) is 10.1 Å². The number of rotatable bonds is 5. The van der Waals surface area contributed by atoms with Gasteiger partial charge in [0.2, 0.25) is 12.1 Å². The first-order valence-corrected chi connectivity index (χ1v) is 6.85. The van der Waals surface area contributed by atoms with E-state index in [-0.39, 0.29) is 18.2 Å². The van der Waals surface area contributed by atoms with Crippen LogP contribution < -0.4 is 4.90 Å². The first-order valence-electron chi connectivity index (χ1n) is 6.32. The second kappa shape index (κ2) is 6.21. The zero-order valence-electron chi connectivity index (χ0n) is 10.5. The van der Waals surface area contributed by atoms with Gasteiger partial charge in [-0.1, -0.05) is 0 Å². The fourth-order valence-corrected chi connectivity index (χ4v) is 2.43.